The normalized spacial score (nSPS) is 14.8. The number of amides is 1. The number of para-hydroxylation sites is 1. The van der Waals surface area contributed by atoms with Crippen molar-refractivity contribution in [2.24, 2.45) is 5.41 Å². The van der Waals surface area contributed by atoms with Crippen LogP contribution in [-0.4, -0.2) is 23.2 Å². The summed E-state index contributed by atoms with van der Waals surface area (Å²) in [5, 5.41) is 6.02. The van der Waals surface area contributed by atoms with Crippen LogP contribution < -0.4 is 16.2 Å². The van der Waals surface area contributed by atoms with Crippen LogP contribution in [0.1, 0.15) is 59.2 Å². The molecule has 0 fully saturated rings. The molecular formula is C21H26ClN3O3. The summed E-state index contributed by atoms with van der Waals surface area (Å²) in [5.41, 5.74) is 1.93. The van der Waals surface area contributed by atoms with Crippen LogP contribution in [0.25, 0.3) is 0 Å². The molecular weight excluding hydrogens is 378 g/mol. The first-order valence-electron chi connectivity index (χ1n) is 9.20. The number of nitrogens with one attached hydrogen (secondary N) is 3. The number of fused-ring (bicyclic) bond motifs is 1. The van der Waals surface area contributed by atoms with Crippen molar-refractivity contribution in [1.29, 1.82) is 0 Å². The van der Waals surface area contributed by atoms with E-state index in [0.29, 0.717) is 36.3 Å². The molecule has 1 heterocycles. The fourth-order valence-electron chi connectivity index (χ4n) is 3.44. The fourth-order valence-corrected chi connectivity index (χ4v) is 3.44. The van der Waals surface area contributed by atoms with Gasteiger partial charge in [-0.3, -0.25) is 14.4 Å². The predicted octanol–water partition coefficient (Wildman–Crippen LogP) is 3.31. The molecule has 0 saturated carbocycles. The number of pyridine rings is 1. The third-order valence-corrected chi connectivity index (χ3v) is 4.79. The number of aromatic amines is 1. The Morgan fingerprint density at radius 3 is 2.61 bits per heavy atom. The van der Waals surface area contributed by atoms with Crippen molar-refractivity contribution >= 4 is 29.8 Å². The summed E-state index contributed by atoms with van der Waals surface area (Å²) in [6.07, 6.45) is 1.01. The smallest absolute Gasteiger partial charge is 0.261 e. The number of benzene rings is 1. The monoisotopic (exact) mass is 403 g/mol. The molecule has 1 aliphatic rings. The van der Waals surface area contributed by atoms with Crippen molar-refractivity contribution in [3.63, 3.8) is 0 Å². The van der Waals surface area contributed by atoms with E-state index in [2.05, 4.69) is 15.6 Å². The summed E-state index contributed by atoms with van der Waals surface area (Å²) in [4.78, 5) is 40.4. The quantitative estimate of drug-likeness (QED) is 0.714. The van der Waals surface area contributed by atoms with Crippen molar-refractivity contribution in [2.75, 3.05) is 11.9 Å². The Hall–Kier alpha value is -2.44. The van der Waals surface area contributed by atoms with E-state index < -0.39 is 11.5 Å². The first-order valence-corrected chi connectivity index (χ1v) is 9.20. The molecule has 6 nitrogen and oxygen atoms in total. The molecule has 2 aromatic rings. The van der Waals surface area contributed by atoms with Gasteiger partial charge in [0.25, 0.3) is 11.5 Å². The second kappa shape index (κ2) is 8.71. The zero-order valence-electron chi connectivity index (χ0n) is 16.3. The third kappa shape index (κ3) is 4.69. The van der Waals surface area contributed by atoms with E-state index in [1.807, 2.05) is 39.0 Å². The standard InChI is InChI=1S/C21H25N3O3.ClH/c1-4-22-12-13-7-5-6-8-16(13)23-19(26)15-9-14-17(24-20(15)27)10-21(2,3)11-18(14)25;/h5-9,22H,4,10-12H2,1-3H3,(H,23,26)(H,24,27);1H. The number of H-pyrrole nitrogens is 1. The molecule has 150 valence electrons. The van der Waals surface area contributed by atoms with E-state index in [9.17, 15) is 14.4 Å². The van der Waals surface area contributed by atoms with Crippen molar-refractivity contribution in [3.05, 3.63) is 63.1 Å². The van der Waals surface area contributed by atoms with Gasteiger partial charge in [-0.1, -0.05) is 39.0 Å². The van der Waals surface area contributed by atoms with Gasteiger partial charge in [0.2, 0.25) is 0 Å². The van der Waals surface area contributed by atoms with E-state index in [1.54, 1.807) is 6.07 Å². The van der Waals surface area contributed by atoms with Crippen LogP contribution >= 0.6 is 12.4 Å². The summed E-state index contributed by atoms with van der Waals surface area (Å²) in [6.45, 7) is 7.42. The van der Waals surface area contributed by atoms with E-state index in [4.69, 9.17) is 0 Å². The number of halogens is 1. The zero-order valence-corrected chi connectivity index (χ0v) is 17.2. The van der Waals surface area contributed by atoms with Crippen molar-refractivity contribution < 1.29 is 9.59 Å². The highest BCUT2D eigenvalue weighted by molar-refractivity contribution is 6.07. The Morgan fingerprint density at radius 1 is 1.18 bits per heavy atom. The number of anilines is 1. The molecule has 0 atom stereocenters. The van der Waals surface area contributed by atoms with Gasteiger partial charge in [0, 0.05) is 29.9 Å². The molecule has 1 amide bonds. The van der Waals surface area contributed by atoms with Gasteiger partial charge in [0.15, 0.2) is 5.78 Å². The highest BCUT2D eigenvalue weighted by Crippen LogP contribution is 2.33. The Balaban J connectivity index is 0.00000280. The number of rotatable bonds is 5. The van der Waals surface area contributed by atoms with Crippen molar-refractivity contribution in [2.45, 2.75) is 40.2 Å². The lowest BCUT2D eigenvalue weighted by atomic mass is 9.75. The van der Waals surface area contributed by atoms with Gasteiger partial charge in [-0.05, 0) is 36.1 Å². The maximum atomic E-state index is 12.7. The summed E-state index contributed by atoms with van der Waals surface area (Å²) in [6, 6.07) is 8.88. The average molecular weight is 404 g/mol. The zero-order chi connectivity index (χ0) is 19.6. The Morgan fingerprint density at radius 2 is 1.89 bits per heavy atom. The van der Waals surface area contributed by atoms with Crippen LogP contribution in [0.4, 0.5) is 5.69 Å². The van der Waals surface area contributed by atoms with Crippen molar-refractivity contribution in [1.82, 2.24) is 10.3 Å². The molecule has 7 heteroatoms. The number of ketones is 1. The highest BCUT2D eigenvalue weighted by atomic mass is 35.5. The van der Waals surface area contributed by atoms with Crippen LogP contribution in [0.15, 0.2) is 35.1 Å². The lowest BCUT2D eigenvalue weighted by Crippen LogP contribution is -2.33. The van der Waals surface area contributed by atoms with E-state index in [-0.39, 0.29) is 29.2 Å². The van der Waals surface area contributed by atoms with Gasteiger partial charge in [0.05, 0.1) is 0 Å². The maximum Gasteiger partial charge on any atom is 0.261 e. The molecule has 0 saturated heterocycles. The van der Waals surface area contributed by atoms with Gasteiger partial charge < -0.3 is 15.6 Å². The molecule has 0 radical (unpaired) electrons. The topological polar surface area (TPSA) is 91.1 Å². The number of aromatic nitrogens is 1. The predicted molar refractivity (Wildman–Crippen MR) is 113 cm³/mol. The summed E-state index contributed by atoms with van der Waals surface area (Å²) in [5.74, 6) is -0.556. The molecule has 0 bridgehead atoms. The molecule has 3 N–H and O–H groups in total. The molecule has 1 aromatic heterocycles. The summed E-state index contributed by atoms with van der Waals surface area (Å²) < 4.78 is 0. The molecule has 1 aromatic carbocycles. The lowest BCUT2D eigenvalue weighted by Gasteiger charge is -2.29. The van der Waals surface area contributed by atoms with E-state index in [1.165, 1.54) is 6.07 Å². The SMILES string of the molecule is CCNCc1ccccc1NC(=O)c1cc2c([nH]c1=O)CC(C)(C)CC2=O.Cl. The first kappa shape index (κ1) is 21.9. The molecule has 0 spiro atoms. The van der Waals surface area contributed by atoms with Gasteiger partial charge in [-0.25, -0.2) is 0 Å². The minimum Gasteiger partial charge on any atom is -0.325 e. The first-order chi connectivity index (χ1) is 12.8. The molecule has 0 unspecified atom stereocenters. The lowest BCUT2D eigenvalue weighted by molar-refractivity contribution is 0.0910. The van der Waals surface area contributed by atoms with Crippen LogP contribution in [0.5, 0.6) is 0 Å². The van der Waals surface area contributed by atoms with Gasteiger partial charge in [0.1, 0.15) is 5.56 Å². The van der Waals surface area contributed by atoms with Crippen LogP contribution in [-0.2, 0) is 13.0 Å². The van der Waals surface area contributed by atoms with E-state index in [0.717, 1.165) is 12.1 Å². The molecule has 3 rings (SSSR count). The van der Waals surface area contributed by atoms with Crippen molar-refractivity contribution in [3.8, 4) is 0 Å². The number of Topliss-reactive ketones (excluding diaryl/α,β-unsaturated/α-hetero) is 1. The second-order valence-electron chi connectivity index (χ2n) is 7.74. The Labute approximate surface area is 170 Å². The minimum absolute atomic E-state index is 0. The van der Waals surface area contributed by atoms with E-state index >= 15 is 0 Å². The Bertz CT molecular complexity index is 950. The Kier molecular flexibility index (Phi) is 6.80. The fraction of sp³-hybridized carbons (Fsp3) is 0.381. The minimum atomic E-state index is -0.513. The second-order valence-corrected chi connectivity index (χ2v) is 7.74. The van der Waals surface area contributed by atoms with Gasteiger partial charge in [-0.15, -0.1) is 12.4 Å². The molecule has 0 aliphatic heterocycles. The maximum absolute atomic E-state index is 12.7. The van der Waals surface area contributed by atoms with Crippen LogP contribution in [0, 0.1) is 5.41 Å². The highest BCUT2D eigenvalue weighted by Gasteiger charge is 2.32. The molecule has 28 heavy (non-hydrogen) atoms. The largest absolute Gasteiger partial charge is 0.325 e. The number of hydrogen-bond acceptors (Lipinski definition) is 4. The number of carbonyl (C=O) groups is 2. The van der Waals surface area contributed by atoms with Crippen LogP contribution in [0.3, 0.4) is 0 Å². The summed E-state index contributed by atoms with van der Waals surface area (Å²) in [7, 11) is 0. The summed E-state index contributed by atoms with van der Waals surface area (Å²) >= 11 is 0. The van der Waals surface area contributed by atoms with Crippen LogP contribution in [0.2, 0.25) is 0 Å². The molecule has 1 aliphatic carbocycles. The average Bonchev–Trinajstić information content (AvgIpc) is 2.59. The third-order valence-electron chi connectivity index (χ3n) is 4.79. The van der Waals surface area contributed by atoms with Gasteiger partial charge >= 0.3 is 0 Å². The van der Waals surface area contributed by atoms with Gasteiger partial charge in [-0.2, -0.15) is 0 Å². The number of carbonyl (C=O) groups excluding carboxylic acids is 2. The number of hydrogen-bond donors (Lipinski definition) is 3.